The van der Waals surface area contributed by atoms with E-state index in [4.69, 9.17) is 0 Å². The van der Waals surface area contributed by atoms with Crippen molar-refractivity contribution in [2.75, 3.05) is 10.6 Å². The van der Waals surface area contributed by atoms with Crippen LogP contribution in [0.4, 0.5) is 23.1 Å². The first-order valence-electron chi connectivity index (χ1n) is 6.76. The summed E-state index contributed by atoms with van der Waals surface area (Å²) in [4.78, 5) is 4.41. The molecule has 2 aromatic carbocycles. The van der Waals surface area contributed by atoms with Crippen LogP contribution in [-0.2, 0) is 0 Å². The maximum absolute atomic E-state index is 4.41. The van der Waals surface area contributed by atoms with E-state index < -0.39 is 0 Å². The van der Waals surface area contributed by atoms with Crippen molar-refractivity contribution in [1.29, 1.82) is 0 Å². The third-order valence-corrected chi connectivity index (χ3v) is 3.69. The van der Waals surface area contributed by atoms with E-state index in [0.29, 0.717) is 11.8 Å². The molecule has 3 rings (SSSR count). The number of nitrogens with zero attached hydrogens (tertiary/aromatic N) is 3. The smallest absolute Gasteiger partial charge is 0.249 e. The Morgan fingerprint density at radius 1 is 0.955 bits per heavy atom. The first-order chi connectivity index (χ1) is 10.7. The van der Waals surface area contributed by atoms with E-state index in [-0.39, 0.29) is 0 Å². The van der Waals surface area contributed by atoms with Crippen molar-refractivity contribution in [2.45, 2.75) is 6.92 Å². The number of anilines is 4. The van der Waals surface area contributed by atoms with Crippen molar-refractivity contribution in [2.24, 2.45) is 0 Å². The molecule has 0 radical (unpaired) electrons. The summed E-state index contributed by atoms with van der Waals surface area (Å²) in [6.07, 6.45) is 1.58. The predicted octanol–water partition coefficient (Wildman–Crippen LogP) is 4.43. The van der Waals surface area contributed by atoms with Crippen LogP contribution in [0.5, 0.6) is 0 Å². The SMILES string of the molecule is Cc1ccc(Nc2nncc(Nc3ccccc3Br)n2)cc1. The lowest BCUT2D eigenvalue weighted by molar-refractivity contribution is 0.982. The van der Waals surface area contributed by atoms with Gasteiger partial charge in [-0.2, -0.15) is 10.1 Å². The highest BCUT2D eigenvalue weighted by atomic mass is 79.9. The molecule has 0 aliphatic carbocycles. The zero-order valence-electron chi connectivity index (χ0n) is 11.9. The molecule has 0 bridgehead atoms. The van der Waals surface area contributed by atoms with Gasteiger partial charge in [0.25, 0.3) is 0 Å². The first kappa shape index (κ1) is 14.5. The van der Waals surface area contributed by atoms with E-state index in [1.165, 1.54) is 5.56 Å². The van der Waals surface area contributed by atoms with Crippen molar-refractivity contribution in [3.63, 3.8) is 0 Å². The van der Waals surface area contributed by atoms with Gasteiger partial charge in [0.1, 0.15) is 0 Å². The Bertz CT molecular complexity index is 773. The van der Waals surface area contributed by atoms with Crippen LogP contribution in [0.3, 0.4) is 0 Å². The molecule has 3 aromatic rings. The van der Waals surface area contributed by atoms with Crippen molar-refractivity contribution < 1.29 is 0 Å². The molecular weight excluding hydrogens is 342 g/mol. The van der Waals surface area contributed by atoms with E-state index in [1.54, 1.807) is 6.20 Å². The summed E-state index contributed by atoms with van der Waals surface area (Å²) in [7, 11) is 0. The predicted molar refractivity (Wildman–Crippen MR) is 91.7 cm³/mol. The van der Waals surface area contributed by atoms with Gasteiger partial charge in [-0.15, -0.1) is 5.10 Å². The van der Waals surface area contributed by atoms with Crippen LogP contribution < -0.4 is 10.6 Å². The molecule has 0 amide bonds. The number of para-hydroxylation sites is 1. The van der Waals surface area contributed by atoms with Gasteiger partial charge in [0.15, 0.2) is 5.82 Å². The molecule has 1 heterocycles. The van der Waals surface area contributed by atoms with E-state index in [9.17, 15) is 0 Å². The fourth-order valence-electron chi connectivity index (χ4n) is 1.88. The third-order valence-electron chi connectivity index (χ3n) is 3.00. The molecule has 0 aliphatic rings. The molecule has 0 saturated carbocycles. The fraction of sp³-hybridized carbons (Fsp3) is 0.0625. The summed E-state index contributed by atoms with van der Waals surface area (Å²) in [6, 6.07) is 15.8. The van der Waals surface area contributed by atoms with Crippen LogP contribution in [0, 0.1) is 6.92 Å². The summed E-state index contributed by atoms with van der Waals surface area (Å²) in [5.41, 5.74) is 3.05. The molecular formula is C16H14BrN5. The Morgan fingerprint density at radius 2 is 1.73 bits per heavy atom. The number of hydrogen-bond acceptors (Lipinski definition) is 5. The van der Waals surface area contributed by atoms with Gasteiger partial charge in [-0.1, -0.05) is 29.8 Å². The highest BCUT2D eigenvalue weighted by Crippen LogP contribution is 2.24. The average Bonchev–Trinajstić information content (AvgIpc) is 2.52. The molecule has 0 aliphatic heterocycles. The van der Waals surface area contributed by atoms with Gasteiger partial charge in [0, 0.05) is 10.2 Å². The van der Waals surface area contributed by atoms with Crippen LogP contribution in [0.25, 0.3) is 0 Å². The Kier molecular flexibility index (Phi) is 4.29. The fourth-order valence-corrected chi connectivity index (χ4v) is 2.27. The lowest BCUT2D eigenvalue weighted by Gasteiger charge is -2.09. The second-order valence-electron chi connectivity index (χ2n) is 4.76. The van der Waals surface area contributed by atoms with Crippen LogP contribution >= 0.6 is 15.9 Å². The van der Waals surface area contributed by atoms with Gasteiger partial charge < -0.3 is 10.6 Å². The highest BCUT2D eigenvalue weighted by Gasteiger charge is 2.04. The molecule has 6 heteroatoms. The number of nitrogens with one attached hydrogen (secondary N) is 2. The van der Waals surface area contributed by atoms with Crippen molar-refractivity contribution >= 4 is 39.1 Å². The zero-order chi connectivity index (χ0) is 15.4. The second-order valence-corrected chi connectivity index (χ2v) is 5.62. The van der Waals surface area contributed by atoms with Gasteiger partial charge in [0.2, 0.25) is 5.95 Å². The number of aryl methyl sites for hydroxylation is 1. The monoisotopic (exact) mass is 355 g/mol. The van der Waals surface area contributed by atoms with Crippen LogP contribution in [0.1, 0.15) is 5.56 Å². The van der Waals surface area contributed by atoms with Crippen LogP contribution in [0.15, 0.2) is 59.2 Å². The molecule has 0 atom stereocenters. The Labute approximate surface area is 137 Å². The molecule has 2 N–H and O–H groups in total. The van der Waals surface area contributed by atoms with Crippen molar-refractivity contribution in [3.05, 3.63) is 64.8 Å². The normalized spacial score (nSPS) is 10.3. The lowest BCUT2D eigenvalue weighted by atomic mass is 10.2. The Balaban J connectivity index is 1.78. The van der Waals surface area contributed by atoms with E-state index in [1.807, 2.05) is 55.5 Å². The summed E-state index contributed by atoms with van der Waals surface area (Å²) in [5, 5.41) is 14.3. The third kappa shape index (κ3) is 3.59. The number of hydrogen-bond donors (Lipinski definition) is 2. The number of rotatable bonds is 4. The highest BCUT2D eigenvalue weighted by molar-refractivity contribution is 9.10. The van der Waals surface area contributed by atoms with Crippen LogP contribution in [-0.4, -0.2) is 15.2 Å². The summed E-state index contributed by atoms with van der Waals surface area (Å²) in [6.45, 7) is 2.05. The minimum absolute atomic E-state index is 0.445. The average molecular weight is 356 g/mol. The lowest BCUT2D eigenvalue weighted by Crippen LogP contribution is -2.02. The molecule has 5 nitrogen and oxygen atoms in total. The zero-order valence-corrected chi connectivity index (χ0v) is 13.5. The quantitative estimate of drug-likeness (QED) is 0.724. The molecule has 1 aromatic heterocycles. The maximum atomic E-state index is 4.41. The van der Waals surface area contributed by atoms with Crippen LogP contribution in [0.2, 0.25) is 0 Å². The van der Waals surface area contributed by atoms with Crippen molar-refractivity contribution in [3.8, 4) is 0 Å². The van der Waals surface area contributed by atoms with Gasteiger partial charge in [-0.05, 0) is 47.1 Å². The number of benzene rings is 2. The minimum atomic E-state index is 0.445. The maximum Gasteiger partial charge on any atom is 0.249 e. The molecule has 22 heavy (non-hydrogen) atoms. The van der Waals surface area contributed by atoms with E-state index in [2.05, 4.69) is 41.7 Å². The molecule has 0 saturated heterocycles. The van der Waals surface area contributed by atoms with Gasteiger partial charge in [0.05, 0.1) is 11.9 Å². The topological polar surface area (TPSA) is 62.7 Å². The summed E-state index contributed by atoms with van der Waals surface area (Å²) >= 11 is 3.49. The Hall–Kier alpha value is -2.47. The molecule has 0 fully saturated rings. The summed E-state index contributed by atoms with van der Waals surface area (Å²) in [5.74, 6) is 1.07. The second kappa shape index (κ2) is 6.53. The molecule has 0 unspecified atom stereocenters. The van der Waals surface area contributed by atoms with Gasteiger partial charge in [-0.25, -0.2) is 0 Å². The minimum Gasteiger partial charge on any atom is -0.338 e. The van der Waals surface area contributed by atoms with Gasteiger partial charge >= 0.3 is 0 Å². The summed E-state index contributed by atoms with van der Waals surface area (Å²) < 4.78 is 0.960. The molecule has 0 spiro atoms. The van der Waals surface area contributed by atoms with Crippen molar-refractivity contribution in [1.82, 2.24) is 15.2 Å². The molecule has 110 valence electrons. The number of aromatic nitrogens is 3. The van der Waals surface area contributed by atoms with E-state index >= 15 is 0 Å². The van der Waals surface area contributed by atoms with Gasteiger partial charge in [-0.3, -0.25) is 0 Å². The number of halogens is 1. The Morgan fingerprint density at radius 3 is 2.50 bits per heavy atom. The standard InChI is InChI=1S/C16H14BrN5/c1-11-6-8-12(9-7-11)19-16-21-15(10-18-22-16)20-14-5-3-2-4-13(14)17/h2-10H,1H3,(H2,19,20,21,22). The first-order valence-corrected chi connectivity index (χ1v) is 7.55. The largest absolute Gasteiger partial charge is 0.338 e. The van der Waals surface area contributed by atoms with E-state index in [0.717, 1.165) is 15.8 Å².